The molecular formula is C18H25N3O2S. The summed E-state index contributed by atoms with van der Waals surface area (Å²) in [7, 11) is 0. The Hall–Kier alpha value is -1.40. The maximum absolute atomic E-state index is 12.3. The normalized spacial score (nSPS) is 24.6. The molecule has 2 saturated carbocycles. The van der Waals surface area contributed by atoms with Crippen LogP contribution in [0.1, 0.15) is 55.0 Å². The average Bonchev–Trinajstić information content (AvgIpc) is 3.05. The lowest BCUT2D eigenvalue weighted by atomic mass is 9.96. The van der Waals surface area contributed by atoms with E-state index in [1.54, 1.807) is 0 Å². The highest BCUT2D eigenvalue weighted by atomic mass is 32.1. The Balaban J connectivity index is 1.34. The summed E-state index contributed by atoms with van der Waals surface area (Å²) in [5, 5.41) is 7.61. The minimum Gasteiger partial charge on any atom is -0.335 e. The van der Waals surface area contributed by atoms with Crippen LogP contribution in [0.4, 0.5) is 4.79 Å². The Morgan fingerprint density at radius 2 is 2.00 bits per heavy atom. The van der Waals surface area contributed by atoms with Crippen molar-refractivity contribution in [2.45, 2.75) is 57.0 Å². The molecule has 3 aliphatic rings. The molecule has 3 amide bonds. The Morgan fingerprint density at radius 1 is 1.21 bits per heavy atom. The van der Waals surface area contributed by atoms with Crippen LogP contribution >= 0.6 is 11.3 Å². The molecule has 0 saturated heterocycles. The highest BCUT2D eigenvalue weighted by Crippen LogP contribution is 2.48. The summed E-state index contributed by atoms with van der Waals surface area (Å²) in [5.74, 6) is 0.494. The molecule has 6 heteroatoms. The molecule has 2 fully saturated rings. The third-order valence-corrected chi connectivity index (χ3v) is 6.47. The number of imide groups is 1. The zero-order chi connectivity index (χ0) is 16.5. The van der Waals surface area contributed by atoms with Gasteiger partial charge in [-0.25, -0.2) is 4.79 Å². The summed E-state index contributed by atoms with van der Waals surface area (Å²) >= 11 is 1.83. The molecule has 24 heavy (non-hydrogen) atoms. The molecular weight excluding hydrogens is 322 g/mol. The summed E-state index contributed by atoms with van der Waals surface area (Å²) in [6, 6.07) is 2.49. The number of hydrogen-bond acceptors (Lipinski definition) is 4. The molecule has 0 aromatic carbocycles. The van der Waals surface area contributed by atoms with Gasteiger partial charge in [-0.1, -0.05) is 12.8 Å². The molecule has 0 radical (unpaired) electrons. The number of hydrogen-bond donors (Lipinski definition) is 2. The van der Waals surface area contributed by atoms with Gasteiger partial charge in [0.1, 0.15) is 0 Å². The van der Waals surface area contributed by atoms with E-state index in [0.29, 0.717) is 18.5 Å². The van der Waals surface area contributed by atoms with Crippen LogP contribution in [-0.4, -0.2) is 36.0 Å². The number of fused-ring (bicyclic) bond motifs is 1. The van der Waals surface area contributed by atoms with E-state index in [1.165, 1.54) is 36.1 Å². The van der Waals surface area contributed by atoms with Gasteiger partial charge in [0.15, 0.2) is 0 Å². The van der Waals surface area contributed by atoms with Crippen LogP contribution in [0.15, 0.2) is 11.4 Å². The van der Waals surface area contributed by atoms with E-state index in [-0.39, 0.29) is 18.0 Å². The quantitative estimate of drug-likeness (QED) is 0.880. The van der Waals surface area contributed by atoms with Gasteiger partial charge in [0, 0.05) is 23.5 Å². The van der Waals surface area contributed by atoms with Crippen molar-refractivity contribution in [3.8, 4) is 0 Å². The van der Waals surface area contributed by atoms with Crippen LogP contribution in [0.3, 0.4) is 0 Å². The van der Waals surface area contributed by atoms with Crippen molar-refractivity contribution in [1.29, 1.82) is 0 Å². The molecule has 0 spiro atoms. The second-order valence-electron chi connectivity index (χ2n) is 7.30. The van der Waals surface area contributed by atoms with Crippen LogP contribution in [0.2, 0.25) is 0 Å². The number of carbonyl (C=O) groups is 2. The maximum Gasteiger partial charge on any atom is 0.321 e. The first-order valence-corrected chi connectivity index (χ1v) is 9.99. The number of amides is 3. The molecule has 2 aliphatic carbocycles. The minimum absolute atomic E-state index is 0.185. The summed E-state index contributed by atoms with van der Waals surface area (Å²) in [6.07, 6.45) is 7.90. The Kier molecular flexibility index (Phi) is 4.59. The van der Waals surface area contributed by atoms with Crippen molar-refractivity contribution in [3.63, 3.8) is 0 Å². The predicted octanol–water partition coefficient (Wildman–Crippen LogP) is 2.83. The van der Waals surface area contributed by atoms with E-state index in [0.717, 1.165) is 25.8 Å². The van der Waals surface area contributed by atoms with Gasteiger partial charge in [-0.05, 0) is 55.0 Å². The Labute approximate surface area is 146 Å². The van der Waals surface area contributed by atoms with Crippen LogP contribution in [0.25, 0.3) is 0 Å². The summed E-state index contributed by atoms with van der Waals surface area (Å²) < 4.78 is 0. The maximum atomic E-state index is 12.3. The summed E-state index contributed by atoms with van der Waals surface area (Å²) in [4.78, 5) is 28.0. The lowest BCUT2D eigenvalue weighted by Crippen LogP contribution is -2.48. The summed E-state index contributed by atoms with van der Waals surface area (Å²) in [6.45, 7) is 1.22. The number of nitrogens with zero attached hydrogens (tertiary/aromatic N) is 1. The third kappa shape index (κ3) is 3.49. The molecule has 1 aliphatic heterocycles. The van der Waals surface area contributed by atoms with Crippen LogP contribution in [0, 0.1) is 5.92 Å². The highest BCUT2D eigenvalue weighted by Gasteiger charge is 2.40. The second kappa shape index (κ2) is 6.84. The van der Waals surface area contributed by atoms with Crippen molar-refractivity contribution >= 4 is 23.3 Å². The predicted molar refractivity (Wildman–Crippen MR) is 94.0 cm³/mol. The fourth-order valence-electron chi connectivity index (χ4n) is 4.18. The number of urea groups is 1. The minimum atomic E-state index is -0.330. The largest absolute Gasteiger partial charge is 0.335 e. The summed E-state index contributed by atoms with van der Waals surface area (Å²) in [5.41, 5.74) is 1.41. The van der Waals surface area contributed by atoms with Gasteiger partial charge >= 0.3 is 6.03 Å². The van der Waals surface area contributed by atoms with Crippen LogP contribution in [-0.2, 0) is 11.2 Å². The molecule has 2 heterocycles. The van der Waals surface area contributed by atoms with Gasteiger partial charge in [-0.2, -0.15) is 0 Å². The fourth-order valence-corrected chi connectivity index (χ4v) is 5.09. The zero-order valence-corrected chi connectivity index (χ0v) is 14.7. The second-order valence-corrected chi connectivity index (χ2v) is 8.31. The molecule has 5 nitrogen and oxygen atoms in total. The Bertz CT molecular complexity index is 620. The van der Waals surface area contributed by atoms with Crippen molar-refractivity contribution < 1.29 is 9.59 Å². The smallest absolute Gasteiger partial charge is 0.321 e. The van der Waals surface area contributed by atoms with Crippen LogP contribution in [0.5, 0.6) is 0 Å². The fraction of sp³-hybridized carbons (Fsp3) is 0.667. The SMILES string of the molecule is O=C(CN1CCc2sccc2[C@H]1C1CC1)NC(=O)NC1CCCC1. The average molecular weight is 347 g/mol. The number of rotatable bonds is 4. The molecule has 0 unspecified atom stereocenters. The standard InChI is InChI=1S/C18H25N3O2S/c22-16(20-18(23)19-13-3-1-2-4-13)11-21-9-7-15-14(8-10-24-15)17(21)12-5-6-12/h8,10,12-13,17H,1-7,9,11H2,(H2,19,20,22,23)/t17-/m1/s1. The lowest BCUT2D eigenvalue weighted by molar-refractivity contribution is -0.122. The third-order valence-electron chi connectivity index (χ3n) is 5.48. The molecule has 130 valence electrons. The van der Waals surface area contributed by atoms with Crippen molar-refractivity contribution in [2.24, 2.45) is 5.92 Å². The van der Waals surface area contributed by atoms with E-state index in [9.17, 15) is 9.59 Å². The topological polar surface area (TPSA) is 61.4 Å². The number of nitrogens with one attached hydrogen (secondary N) is 2. The van der Waals surface area contributed by atoms with Crippen molar-refractivity contribution in [2.75, 3.05) is 13.1 Å². The highest BCUT2D eigenvalue weighted by molar-refractivity contribution is 7.10. The Morgan fingerprint density at radius 3 is 2.75 bits per heavy atom. The lowest BCUT2D eigenvalue weighted by Gasteiger charge is -2.35. The van der Waals surface area contributed by atoms with Gasteiger partial charge in [0.25, 0.3) is 0 Å². The van der Waals surface area contributed by atoms with Gasteiger partial charge in [0.05, 0.1) is 6.54 Å². The molecule has 2 N–H and O–H groups in total. The molecule has 1 aromatic rings. The zero-order valence-electron chi connectivity index (χ0n) is 13.9. The van der Waals surface area contributed by atoms with E-state index in [4.69, 9.17) is 0 Å². The first-order valence-electron chi connectivity index (χ1n) is 9.11. The van der Waals surface area contributed by atoms with Gasteiger partial charge in [-0.3, -0.25) is 15.0 Å². The van der Waals surface area contributed by atoms with E-state index in [1.807, 2.05) is 11.3 Å². The van der Waals surface area contributed by atoms with Crippen molar-refractivity contribution in [1.82, 2.24) is 15.5 Å². The molecule has 0 bridgehead atoms. The van der Waals surface area contributed by atoms with Crippen molar-refractivity contribution in [3.05, 3.63) is 21.9 Å². The molecule has 1 atom stereocenters. The van der Waals surface area contributed by atoms with E-state index < -0.39 is 0 Å². The van der Waals surface area contributed by atoms with E-state index in [2.05, 4.69) is 27.0 Å². The molecule has 4 rings (SSSR count). The van der Waals surface area contributed by atoms with E-state index >= 15 is 0 Å². The monoisotopic (exact) mass is 347 g/mol. The van der Waals surface area contributed by atoms with Crippen LogP contribution < -0.4 is 10.6 Å². The first-order chi connectivity index (χ1) is 11.7. The van der Waals surface area contributed by atoms with Gasteiger partial charge < -0.3 is 5.32 Å². The number of thiophene rings is 1. The van der Waals surface area contributed by atoms with Gasteiger partial charge in [0.2, 0.25) is 5.91 Å². The first kappa shape index (κ1) is 16.1. The van der Waals surface area contributed by atoms with Gasteiger partial charge in [-0.15, -0.1) is 11.3 Å². The number of carbonyl (C=O) groups excluding carboxylic acids is 2. The molecule has 1 aromatic heterocycles.